The van der Waals surface area contributed by atoms with E-state index in [2.05, 4.69) is 9.97 Å². The van der Waals surface area contributed by atoms with Crippen molar-refractivity contribution >= 4 is 28.8 Å². The predicted octanol–water partition coefficient (Wildman–Crippen LogP) is 1.33. The van der Waals surface area contributed by atoms with Gasteiger partial charge in [0.05, 0.1) is 12.9 Å². The van der Waals surface area contributed by atoms with Gasteiger partial charge in [-0.15, -0.1) is 0 Å². The van der Waals surface area contributed by atoms with Gasteiger partial charge in [0, 0.05) is 14.1 Å². The molecule has 3 heterocycles. The van der Waals surface area contributed by atoms with E-state index >= 15 is 0 Å². The summed E-state index contributed by atoms with van der Waals surface area (Å²) in [7, 11) is 2.90. The van der Waals surface area contributed by atoms with Crippen LogP contribution in [0.2, 0.25) is 0 Å². The minimum atomic E-state index is -0.602. The van der Waals surface area contributed by atoms with E-state index in [4.69, 9.17) is 9.15 Å². The molecule has 1 unspecified atom stereocenters. The molecule has 0 radical (unpaired) electrons. The molecule has 27 heavy (non-hydrogen) atoms. The number of esters is 1. The molecule has 0 saturated carbocycles. The molecule has 0 N–H and O–H groups in total. The molecule has 0 aliphatic heterocycles. The molecule has 0 amide bonds. The molecule has 1 atom stereocenters. The van der Waals surface area contributed by atoms with Crippen molar-refractivity contribution in [2.75, 3.05) is 6.61 Å². The monoisotopic (exact) mass is 390 g/mol. The molecular formula is C17H18N4O5S. The maximum atomic E-state index is 12.7. The van der Waals surface area contributed by atoms with Crippen LogP contribution in [0.1, 0.15) is 13.8 Å². The zero-order chi connectivity index (χ0) is 19.7. The number of hydrogen-bond acceptors (Lipinski definition) is 8. The first-order valence-electron chi connectivity index (χ1n) is 8.20. The lowest BCUT2D eigenvalue weighted by Gasteiger charge is -2.13. The highest BCUT2D eigenvalue weighted by atomic mass is 32.2. The van der Waals surface area contributed by atoms with Crippen LogP contribution < -0.4 is 11.2 Å². The van der Waals surface area contributed by atoms with E-state index in [-0.39, 0.29) is 28.5 Å². The van der Waals surface area contributed by atoms with Crippen molar-refractivity contribution in [2.45, 2.75) is 24.1 Å². The summed E-state index contributed by atoms with van der Waals surface area (Å²) < 4.78 is 12.6. The van der Waals surface area contributed by atoms with Gasteiger partial charge < -0.3 is 9.15 Å². The maximum absolute atomic E-state index is 12.7. The third kappa shape index (κ3) is 3.39. The SMILES string of the molecule is CCOC(=O)C(C)Sc1nc(-c2ccco2)nc2c1c(=O)n(C)c(=O)n2C. The molecule has 3 aromatic heterocycles. The number of furan rings is 1. The van der Waals surface area contributed by atoms with Crippen LogP contribution in [0.25, 0.3) is 22.6 Å². The van der Waals surface area contributed by atoms with Crippen molar-refractivity contribution in [3.05, 3.63) is 39.2 Å². The first-order chi connectivity index (χ1) is 12.8. The van der Waals surface area contributed by atoms with Gasteiger partial charge in [-0.1, -0.05) is 11.8 Å². The summed E-state index contributed by atoms with van der Waals surface area (Å²) in [4.78, 5) is 45.8. The third-order valence-corrected chi connectivity index (χ3v) is 4.98. The highest BCUT2D eigenvalue weighted by molar-refractivity contribution is 8.00. The van der Waals surface area contributed by atoms with E-state index in [0.29, 0.717) is 5.76 Å². The second-order valence-electron chi connectivity index (χ2n) is 5.75. The largest absolute Gasteiger partial charge is 0.465 e. The van der Waals surface area contributed by atoms with E-state index in [9.17, 15) is 14.4 Å². The van der Waals surface area contributed by atoms with E-state index in [1.165, 1.54) is 24.9 Å². The summed E-state index contributed by atoms with van der Waals surface area (Å²) in [6.45, 7) is 3.63. The first kappa shape index (κ1) is 18.9. The zero-order valence-electron chi connectivity index (χ0n) is 15.3. The summed E-state index contributed by atoms with van der Waals surface area (Å²) in [5.74, 6) is 0.181. The van der Waals surface area contributed by atoms with Crippen molar-refractivity contribution in [1.82, 2.24) is 19.1 Å². The number of aromatic nitrogens is 4. The highest BCUT2D eigenvalue weighted by Gasteiger charge is 2.23. The number of carbonyl (C=O) groups excluding carboxylic acids is 1. The summed E-state index contributed by atoms with van der Waals surface area (Å²) in [6.07, 6.45) is 1.47. The Morgan fingerprint density at radius 3 is 2.67 bits per heavy atom. The van der Waals surface area contributed by atoms with E-state index in [1.807, 2.05) is 0 Å². The Morgan fingerprint density at radius 2 is 2.04 bits per heavy atom. The van der Waals surface area contributed by atoms with Crippen molar-refractivity contribution < 1.29 is 13.9 Å². The second-order valence-corrected chi connectivity index (χ2v) is 7.08. The topological polar surface area (TPSA) is 109 Å². The minimum Gasteiger partial charge on any atom is -0.465 e. The van der Waals surface area contributed by atoms with Crippen molar-refractivity contribution in [3.63, 3.8) is 0 Å². The van der Waals surface area contributed by atoms with Crippen LogP contribution >= 0.6 is 11.8 Å². The molecule has 0 aliphatic rings. The smallest absolute Gasteiger partial charge is 0.332 e. The Kier molecular flexibility index (Phi) is 5.17. The number of thioether (sulfide) groups is 1. The van der Waals surface area contributed by atoms with Crippen LogP contribution in [-0.2, 0) is 23.6 Å². The van der Waals surface area contributed by atoms with Gasteiger partial charge in [-0.3, -0.25) is 18.7 Å². The lowest BCUT2D eigenvalue weighted by Crippen LogP contribution is -2.37. The van der Waals surface area contributed by atoms with Crippen molar-refractivity contribution in [3.8, 4) is 11.6 Å². The van der Waals surface area contributed by atoms with Crippen molar-refractivity contribution in [1.29, 1.82) is 0 Å². The number of hydrogen-bond donors (Lipinski definition) is 0. The van der Waals surface area contributed by atoms with Gasteiger partial charge in [0.1, 0.15) is 15.7 Å². The number of rotatable bonds is 5. The van der Waals surface area contributed by atoms with E-state index in [0.717, 1.165) is 16.3 Å². The molecular weight excluding hydrogens is 372 g/mol. The summed E-state index contributed by atoms with van der Waals surface area (Å²) in [6, 6.07) is 3.35. The molecule has 0 bridgehead atoms. The molecule has 0 aromatic carbocycles. The molecule has 0 spiro atoms. The average molecular weight is 390 g/mol. The minimum absolute atomic E-state index is 0.163. The number of nitrogens with zero attached hydrogens (tertiary/aromatic N) is 4. The van der Waals surface area contributed by atoms with Crippen LogP contribution in [0.4, 0.5) is 0 Å². The maximum Gasteiger partial charge on any atom is 0.332 e. The van der Waals surface area contributed by atoms with Crippen LogP contribution in [0.15, 0.2) is 37.4 Å². The van der Waals surface area contributed by atoms with Gasteiger partial charge >= 0.3 is 11.7 Å². The van der Waals surface area contributed by atoms with Gasteiger partial charge in [-0.25, -0.2) is 14.8 Å². The van der Waals surface area contributed by atoms with Gasteiger partial charge in [-0.05, 0) is 26.0 Å². The lowest BCUT2D eigenvalue weighted by atomic mass is 10.3. The molecule has 0 aliphatic carbocycles. The van der Waals surface area contributed by atoms with Crippen LogP contribution in [0.5, 0.6) is 0 Å². The van der Waals surface area contributed by atoms with Crippen molar-refractivity contribution in [2.24, 2.45) is 14.1 Å². The fourth-order valence-electron chi connectivity index (χ4n) is 2.51. The van der Waals surface area contributed by atoms with Crippen LogP contribution in [0.3, 0.4) is 0 Å². The molecule has 9 nitrogen and oxygen atoms in total. The number of aryl methyl sites for hydroxylation is 1. The van der Waals surface area contributed by atoms with Gasteiger partial charge in [0.2, 0.25) is 0 Å². The van der Waals surface area contributed by atoms with Crippen LogP contribution in [-0.4, -0.2) is 36.9 Å². The number of fused-ring (bicyclic) bond motifs is 1. The predicted molar refractivity (Wildman–Crippen MR) is 99.7 cm³/mol. The first-order valence-corrected chi connectivity index (χ1v) is 9.08. The summed E-state index contributed by atoms with van der Waals surface area (Å²) in [5, 5.41) is -0.159. The Bertz CT molecular complexity index is 1120. The molecule has 0 fully saturated rings. The number of carbonyl (C=O) groups is 1. The Labute approximate surface area is 158 Å². The molecule has 0 saturated heterocycles. The van der Waals surface area contributed by atoms with Gasteiger partial charge in [-0.2, -0.15) is 0 Å². The third-order valence-electron chi connectivity index (χ3n) is 3.92. The molecule has 142 valence electrons. The highest BCUT2D eigenvalue weighted by Crippen LogP contribution is 2.29. The van der Waals surface area contributed by atoms with E-state index in [1.54, 1.807) is 26.0 Å². The zero-order valence-corrected chi connectivity index (χ0v) is 16.1. The van der Waals surface area contributed by atoms with E-state index < -0.39 is 22.5 Å². The number of ether oxygens (including phenoxy) is 1. The lowest BCUT2D eigenvalue weighted by molar-refractivity contribution is -0.142. The Hall–Kier alpha value is -2.88. The summed E-state index contributed by atoms with van der Waals surface area (Å²) >= 11 is 1.07. The second kappa shape index (κ2) is 7.39. The molecule has 10 heteroatoms. The molecule has 3 rings (SSSR count). The van der Waals surface area contributed by atoms with Gasteiger partial charge in [0.25, 0.3) is 5.56 Å². The Balaban J connectivity index is 2.27. The Morgan fingerprint density at radius 1 is 1.30 bits per heavy atom. The van der Waals surface area contributed by atoms with Gasteiger partial charge in [0.15, 0.2) is 17.2 Å². The molecule has 3 aromatic rings. The fraction of sp³-hybridized carbons (Fsp3) is 0.353. The quantitative estimate of drug-likeness (QED) is 0.365. The fourth-order valence-corrected chi connectivity index (χ4v) is 3.44. The average Bonchev–Trinajstić information content (AvgIpc) is 3.19. The normalized spacial score (nSPS) is 12.3. The summed E-state index contributed by atoms with van der Waals surface area (Å²) in [5.41, 5.74) is -0.869. The standard InChI is InChI=1S/C17H18N4O5S/c1-5-25-16(23)9(2)27-14-11-13(20(3)17(24)21(4)15(11)22)18-12(19-14)10-7-6-8-26-10/h6-9H,5H2,1-4H3. The van der Waals surface area contributed by atoms with Crippen LogP contribution in [0, 0.1) is 0 Å².